The van der Waals surface area contributed by atoms with Crippen molar-refractivity contribution in [3.8, 4) is 5.75 Å². The van der Waals surface area contributed by atoms with E-state index in [1.165, 1.54) is 0 Å². The zero-order chi connectivity index (χ0) is 21.8. The number of nitrogens with zero attached hydrogens (tertiary/aromatic N) is 1. The van der Waals surface area contributed by atoms with Crippen LogP contribution in [0.3, 0.4) is 0 Å². The van der Waals surface area contributed by atoms with Crippen LogP contribution in [0, 0.1) is 0 Å². The third-order valence-corrected chi connectivity index (χ3v) is 6.64. The predicted molar refractivity (Wildman–Crippen MR) is 120 cm³/mol. The third-order valence-electron chi connectivity index (χ3n) is 5.12. The van der Waals surface area contributed by atoms with Gasteiger partial charge in [-0.15, -0.1) is 0 Å². The van der Waals surface area contributed by atoms with E-state index in [-0.39, 0.29) is 13.2 Å². The van der Waals surface area contributed by atoms with Gasteiger partial charge in [-0.1, -0.05) is 54.6 Å². The summed E-state index contributed by atoms with van der Waals surface area (Å²) in [5.41, 5.74) is 10.4. The number of ether oxygens (including phenoxy) is 1. The summed E-state index contributed by atoms with van der Waals surface area (Å²) in [6.07, 6.45) is 1.33. The Hall–Kier alpha value is -3.36. The van der Waals surface area contributed by atoms with Crippen LogP contribution in [0.4, 0.5) is 11.4 Å². The maximum atomic E-state index is 12.4. The lowest BCUT2D eigenvalue weighted by atomic mass is 10.0. The molecule has 1 unspecified atom stereocenters. The van der Waals surface area contributed by atoms with Crippen molar-refractivity contribution < 1.29 is 17.9 Å². The molecule has 1 atom stereocenters. The van der Waals surface area contributed by atoms with Crippen LogP contribution in [0.1, 0.15) is 16.7 Å². The number of nitrogens with two attached hydrogens (primary N) is 1. The normalized spacial score (nSPS) is 17.4. The molecule has 0 bridgehead atoms. The van der Waals surface area contributed by atoms with Gasteiger partial charge in [-0.25, -0.2) is 0 Å². The Morgan fingerprint density at radius 2 is 1.68 bits per heavy atom. The standard InChI is InChI=1S/C23H23N3O4S/c24-21-6-2-1-5-19(21)13-17-9-11-18(12-10-17)16-30-23-8-4-3-7-22(23)26-14-20(15-27)25-31(26,28)29/h1-12,15,20,25H,13-14,16,24H2. The van der Waals surface area contributed by atoms with Crippen LogP contribution in [0.15, 0.2) is 72.8 Å². The molecule has 0 amide bonds. The molecule has 3 aromatic carbocycles. The molecule has 1 heterocycles. The summed E-state index contributed by atoms with van der Waals surface area (Å²) < 4.78 is 34.1. The van der Waals surface area contributed by atoms with Gasteiger partial charge < -0.3 is 15.3 Å². The molecule has 7 nitrogen and oxygen atoms in total. The van der Waals surface area contributed by atoms with Gasteiger partial charge >= 0.3 is 10.2 Å². The van der Waals surface area contributed by atoms with Crippen LogP contribution in [0.5, 0.6) is 5.75 Å². The molecule has 1 fully saturated rings. The molecule has 0 aromatic heterocycles. The van der Waals surface area contributed by atoms with E-state index in [1.54, 1.807) is 24.3 Å². The largest absolute Gasteiger partial charge is 0.487 e. The molecule has 31 heavy (non-hydrogen) atoms. The molecule has 1 saturated heterocycles. The fraction of sp³-hybridized carbons (Fsp3) is 0.174. The van der Waals surface area contributed by atoms with Crippen LogP contribution in [-0.2, 0) is 28.0 Å². The van der Waals surface area contributed by atoms with Crippen molar-refractivity contribution in [1.82, 2.24) is 4.72 Å². The molecule has 0 aliphatic carbocycles. The van der Waals surface area contributed by atoms with E-state index in [4.69, 9.17) is 10.5 Å². The maximum Gasteiger partial charge on any atom is 0.302 e. The van der Waals surface area contributed by atoms with Gasteiger partial charge in [0.2, 0.25) is 0 Å². The van der Waals surface area contributed by atoms with Crippen molar-refractivity contribution in [2.24, 2.45) is 0 Å². The molecular weight excluding hydrogens is 414 g/mol. The number of anilines is 2. The molecule has 0 saturated carbocycles. The summed E-state index contributed by atoms with van der Waals surface area (Å²) in [7, 11) is -3.78. The highest BCUT2D eigenvalue weighted by atomic mass is 32.2. The fourth-order valence-electron chi connectivity index (χ4n) is 3.48. The number of para-hydroxylation sites is 3. The van der Waals surface area contributed by atoms with E-state index in [2.05, 4.69) is 4.72 Å². The lowest BCUT2D eigenvalue weighted by Gasteiger charge is -2.19. The van der Waals surface area contributed by atoms with Gasteiger partial charge in [0.25, 0.3) is 0 Å². The van der Waals surface area contributed by atoms with Crippen molar-refractivity contribution in [3.05, 3.63) is 89.5 Å². The van der Waals surface area contributed by atoms with Crippen LogP contribution < -0.4 is 19.5 Å². The number of carbonyl (C=O) groups is 1. The summed E-state index contributed by atoms with van der Waals surface area (Å²) in [4.78, 5) is 11.0. The van der Waals surface area contributed by atoms with E-state index >= 15 is 0 Å². The van der Waals surface area contributed by atoms with Gasteiger partial charge in [0.15, 0.2) is 0 Å². The Labute approximate surface area is 181 Å². The number of nitrogen functional groups attached to an aromatic ring is 1. The van der Waals surface area contributed by atoms with E-state index in [0.717, 1.165) is 33.1 Å². The van der Waals surface area contributed by atoms with Crippen molar-refractivity contribution in [2.45, 2.75) is 19.1 Å². The molecular formula is C23H23N3O4S. The van der Waals surface area contributed by atoms with Crippen LogP contribution in [0.25, 0.3) is 0 Å². The molecule has 160 valence electrons. The maximum absolute atomic E-state index is 12.4. The summed E-state index contributed by atoms with van der Waals surface area (Å²) in [5.74, 6) is 0.431. The Balaban J connectivity index is 1.46. The van der Waals surface area contributed by atoms with Crippen molar-refractivity contribution >= 4 is 27.9 Å². The van der Waals surface area contributed by atoms with Crippen molar-refractivity contribution in [3.63, 3.8) is 0 Å². The number of hydrogen-bond acceptors (Lipinski definition) is 5. The molecule has 3 aromatic rings. The topological polar surface area (TPSA) is 102 Å². The second kappa shape index (κ2) is 8.79. The Kier molecular flexibility index (Phi) is 5.92. The fourth-order valence-corrected chi connectivity index (χ4v) is 4.89. The molecule has 0 radical (unpaired) electrons. The minimum Gasteiger partial charge on any atom is -0.487 e. The highest BCUT2D eigenvalue weighted by Crippen LogP contribution is 2.32. The zero-order valence-electron chi connectivity index (χ0n) is 16.8. The van der Waals surface area contributed by atoms with Gasteiger partial charge in [-0.2, -0.15) is 13.1 Å². The second-order valence-corrected chi connectivity index (χ2v) is 8.97. The van der Waals surface area contributed by atoms with Gasteiger partial charge in [-0.3, -0.25) is 4.31 Å². The predicted octanol–water partition coefficient (Wildman–Crippen LogP) is 2.66. The molecule has 8 heteroatoms. The Morgan fingerprint density at radius 1 is 1.00 bits per heavy atom. The first-order valence-corrected chi connectivity index (χ1v) is 11.3. The average Bonchev–Trinajstić information content (AvgIpc) is 3.09. The first-order chi connectivity index (χ1) is 15.0. The lowest BCUT2D eigenvalue weighted by Crippen LogP contribution is -2.30. The lowest BCUT2D eigenvalue weighted by molar-refractivity contribution is -0.108. The summed E-state index contributed by atoms with van der Waals surface area (Å²) >= 11 is 0. The minimum atomic E-state index is -3.78. The molecule has 3 N–H and O–H groups in total. The summed E-state index contributed by atoms with van der Waals surface area (Å²) in [6.45, 7) is 0.312. The van der Waals surface area contributed by atoms with Gasteiger partial charge in [-0.05, 0) is 41.3 Å². The van der Waals surface area contributed by atoms with Gasteiger partial charge in [0.1, 0.15) is 18.6 Å². The van der Waals surface area contributed by atoms with Crippen LogP contribution >= 0.6 is 0 Å². The number of nitrogens with one attached hydrogen (secondary N) is 1. The number of carbonyl (C=O) groups excluding carboxylic acids is 1. The SMILES string of the molecule is Nc1ccccc1Cc1ccc(COc2ccccc2N2CC(C=O)NS2(=O)=O)cc1. The minimum absolute atomic E-state index is 0.0313. The zero-order valence-corrected chi connectivity index (χ0v) is 17.6. The molecule has 4 rings (SSSR count). The summed E-state index contributed by atoms with van der Waals surface area (Å²) in [5, 5.41) is 0. The van der Waals surface area contributed by atoms with Crippen LogP contribution in [-0.4, -0.2) is 27.3 Å². The number of hydrogen-bond donors (Lipinski definition) is 2. The highest BCUT2D eigenvalue weighted by molar-refractivity contribution is 7.91. The molecule has 0 spiro atoms. The monoisotopic (exact) mass is 437 g/mol. The first-order valence-electron chi connectivity index (χ1n) is 9.84. The van der Waals surface area contributed by atoms with Crippen molar-refractivity contribution in [1.29, 1.82) is 0 Å². The Bertz CT molecular complexity index is 1180. The highest BCUT2D eigenvalue weighted by Gasteiger charge is 2.36. The van der Waals surface area contributed by atoms with Gasteiger partial charge in [0.05, 0.1) is 18.3 Å². The first kappa shape index (κ1) is 20.9. The van der Waals surface area contributed by atoms with E-state index in [0.29, 0.717) is 17.7 Å². The smallest absolute Gasteiger partial charge is 0.302 e. The Morgan fingerprint density at radius 3 is 2.39 bits per heavy atom. The quantitative estimate of drug-likeness (QED) is 0.437. The second-order valence-electron chi connectivity index (χ2n) is 7.35. The van der Waals surface area contributed by atoms with E-state index < -0.39 is 16.3 Å². The van der Waals surface area contributed by atoms with Crippen LogP contribution in [0.2, 0.25) is 0 Å². The number of aldehydes is 1. The third kappa shape index (κ3) is 4.70. The molecule has 1 aliphatic heterocycles. The molecule has 1 aliphatic rings. The van der Waals surface area contributed by atoms with E-state index in [1.807, 2.05) is 48.5 Å². The van der Waals surface area contributed by atoms with Crippen molar-refractivity contribution in [2.75, 3.05) is 16.6 Å². The number of benzene rings is 3. The van der Waals surface area contributed by atoms with Gasteiger partial charge in [0, 0.05) is 5.69 Å². The van der Waals surface area contributed by atoms with E-state index in [9.17, 15) is 13.2 Å². The average molecular weight is 438 g/mol. The number of rotatable bonds is 7. The summed E-state index contributed by atoms with van der Waals surface area (Å²) in [6, 6.07) is 21.9.